The fraction of sp³-hybridized carbons (Fsp3) is 0.579. The van der Waals surface area contributed by atoms with Gasteiger partial charge in [0.15, 0.2) is 5.78 Å². The van der Waals surface area contributed by atoms with E-state index in [0.717, 1.165) is 31.5 Å². The van der Waals surface area contributed by atoms with E-state index in [1.807, 2.05) is 31.2 Å². The van der Waals surface area contributed by atoms with Crippen LogP contribution in [0.4, 0.5) is 0 Å². The molecule has 0 radical (unpaired) electrons. The molecule has 24 heavy (non-hydrogen) atoms. The third kappa shape index (κ3) is 5.42. The third-order valence-electron chi connectivity index (χ3n) is 4.73. The first-order valence-corrected chi connectivity index (χ1v) is 8.61. The van der Waals surface area contributed by atoms with E-state index in [9.17, 15) is 9.59 Å². The number of rotatable bonds is 8. The summed E-state index contributed by atoms with van der Waals surface area (Å²) >= 11 is 0. The van der Waals surface area contributed by atoms with Crippen molar-refractivity contribution in [2.75, 3.05) is 33.4 Å². The van der Waals surface area contributed by atoms with Gasteiger partial charge < -0.3 is 15.4 Å². The zero-order valence-electron chi connectivity index (χ0n) is 14.7. The van der Waals surface area contributed by atoms with E-state index < -0.39 is 0 Å². The van der Waals surface area contributed by atoms with Gasteiger partial charge in [-0.3, -0.25) is 9.59 Å². The summed E-state index contributed by atoms with van der Waals surface area (Å²) in [6.45, 7) is 5.14. The van der Waals surface area contributed by atoms with Gasteiger partial charge in [0.05, 0.1) is 6.61 Å². The van der Waals surface area contributed by atoms with Crippen molar-refractivity contribution in [1.82, 2.24) is 10.6 Å². The molecule has 2 rings (SSSR count). The highest BCUT2D eigenvalue weighted by Crippen LogP contribution is 2.28. The van der Waals surface area contributed by atoms with Gasteiger partial charge in [0.1, 0.15) is 0 Å². The molecular weight excluding hydrogens is 304 g/mol. The molecule has 1 amide bonds. The Morgan fingerprint density at radius 3 is 2.46 bits per heavy atom. The molecule has 0 spiro atoms. The number of aryl methyl sites for hydroxylation is 1. The Hall–Kier alpha value is -1.72. The molecule has 1 aromatic carbocycles. The maximum Gasteiger partial charge on any atom is 0.220 e. The summed E-state index contributed by atoms with van der Waals surface area (Å²) < 4.78 is 5.35. The van der Waals surface area contributed by atoms with Gasteiger partial charge in [-0.2, -0.15) is 0 Å². The molecule has 0 unspecified atom stereocenters. The molecule has 0 bridgehead atoms. The molecule has 0 atom stereocenters. The van der Waals surface area contributed by atoms with Crippen LogP contribution in [0.15, 0.2) is 24.3 Å². The van der Waals surface area contributed by atoms with Crippen LogP contribution in [0.1, 0.15) is 41.6 Å². The third-order valence-corrected chi connectivity index (χ3v) is 4.73. The number of methoxy groups -OCH3 is 1. The lowest BCUT2D eigenvalue weighted by Crippen LogP contribution is -2.47. The Morgan fingerprint density at radius 2 is 1.83 bits per heavy atom. The lowest BCUT2D eigenvalue weighted by Gasteiger charge is -2.37. The van der Waals surface area contributed by atoms with Gasteiger partial charge in [0, 0.05) is 37.5 Å². The van der Waals surface area contributed by atoms with E-state index in [4.69, 9.17) is 4.74 Å². The topological polar surface area (TPSA) is 67.4 Å². The van der Waals surface area contributed by atoms with Gasteiger partial charge in [0.25, 0.3) is 0 Å². The van der Waals surface area contributed by atoms with Crippen LogP contribution in [0.2, 0.25) is 0 Å². The first-order valence-electron chi connectivity index (χ1n) is 8.61. The fourth-order valence-electron chi connectivity index (χ4n) is 3.12. The zero-order valence-corrected chi connectivity index (χ0v) is 14.7. The molecule has 5 heteroatoms. The van der Waals surface area contributed by atoms with Crippen LogP contribution in [0.25, 0.3) is 0 Å². The average molecular weight is 332 g/mol. The molecule has 5 nitrogen and oxygen atoms in total. The van der Waals surface area contributed by atoms with Crippen molar-refractivity contribution in [2.45, 2.75) is 32.6 Å². The Kier molecular flexibility index (Phi) is 6.94. The number of ketones is 1. The Labute approximate surface area is 144 Å². The van der Waals surface area contributed by atoms with Crippen molar-refractivity contribution in [3.8, 4) is 0 Å². The second-order valence-electron chi connectivity index (χ2n) is 6.75. The van der Waals surface area contributed by atoms with Crippen LogP contribution in [0.3, 0.4) is 0 Å². The smallest absolute Gasteiger partial charge is 0.220 e. The molecule has 1 fully saturated rings. The first-order chi connectivity index (χ1) is 11.5. The molecular formula is C19H28N2O3. The van der Waals surface area contributed by atoms with Crippen LogP contribution in [0, 0.1) is 12.3 Å². The summed E-state index contributed by atoms with van der Waals surface area (Å²) in [6.07, 6.45) is 2.45. The number of carbonyl (C=O) groups excluding carboxylic acids is 2. The van der Waals surface area contributed by atoms with Gasteiger partial charge in [0.2, 0.25) is 5.91 Å². The van der Waals surface area contributed by atoms with E-state index in [-0.39, 0.29) is 29.9 Å². The van der Waals surface area contributed by atoms with Gasteiger partial charge in [-0.1, -0.05) is 29.8 Å². The highest BCUT2D eigenvalue weighted by molar-refractivity contribution is 5.97. The van der Waals surface area contributed by atoms with Crippen LogP contribution >= 0.6 is 0 Å². The molecule has 0 aliphatic carbocycles. The minimum Gasteiger partial charge on any atom is -0.384 e. The van der Waals surface area contributed by atoms with Crippen molar-refractivity contribution in [2.24, 2.45) is 5.41 Å². The maximum absolute atomic E-state index is 12.1. The number of amides is 1. The number of ether oxygens (including phenoxy) is 1. The van der Waals surface area contributed by atoms with Gasteiger partial charge >= 0.3 is 0 Å². The number of benzene rings is 1. The van der Waals surface area contributed by atoms with Crippen molar-refractivity contribution in [3.05, 3.63) is 35.4 Å². The van der Waals surface area contributed by atoms with Gasteiger partial charge in [-0.15, -0.1) is 0 Å². The summed E-state index contributed by atoms with van der Waals surface area (Å²) in [5.74, 6) is -0.0527. The van der Waals surface area contributed by atoms with Gasteiger partial charge in [-0.05, 0) is 32.9 Å². The lowest BCUT2D eigenvalue weighted by atomic mass is 9.79. The lowest BCUT2D eigenvalue weighted by molar-refractivity contribution is -0.122. The van der Waals surface area contributed by atoms with Crippen molar-refractivity contribution in [3.63, 3.8) is 0 Å². The number of piperidine rings is 1. The number of hydrogen-bond acceptors (Lipinski definition) is 4. The second-order valence-corrected chi connectivity index (χ2v) is 6.75. The Balaban J connectivity index is 1.78. The zero-order chi connectivity index (χ0) is 17.4. The SMILES string of the molecule is COCC1(CNC(=O)CCC(=O)c2ccc(C)cc2)CCNCC1. The van der Waals surface area contributed by atoms with Crippen LogP contribution in [0.5, 0.6) is 0 Å². The number of Topliss-reactive ketones (excluding diaryl/α,β-unsaturated/α-hetero) is 1. The predicted octanol–water partition coefficient (Wildman–Crippen LogP) is 2.09. The summed E-state index contributed by atoms with van der Waals surface area (Å²) in [7, 11) is 1.70. The van der Waals surface area contributed by atoms with Crippen molar-refractivity contribution < 1.29 is 14.3 Å². The van der Waals surface area contributed by atoms with E-state index in [2.05, 4.69) is 10.6 Å². The number of carbonyl (C=O) groups is 2. The van der Waals surface area contributed by atoms with E-state index in [0.29, 0.717) is 18.7 Å². The molecule has 1 aliphatic rings. The number of nitrogens with one attached hydrogen (secondary N) is 2. The normalized spacial score (nSPS) is 16.6. The standard InChI is InChI=1S/C19H28N2O3/c1-15-3-5-16(6-4-15)17(22)7-8-18(23)21-13-19(14-24-2)9-11-20-12-10-19/h3-6,20H,7-14H2,1-2H3,(H,21,23). The van der Waals surface area contributed by atoms with E-state index in [1.54, 1.807) is 7.11 Å². The van der Waals surface area contributed by atoms with E-state index >= 15 is 0 Å². The average Bonchev–Trinajstić information content (AvgIpc) is 2.60. The minimum absolute atomic E-state index is 0.0105. The van der Waals surface area contributed by atoms with Crippen LogP contribution in [-0.2, 0) is 9.53 Å². The fourth-order valence-corrected chi connectivity index (χ4v) is 3.12. The van der Waals surface area contributed by atoms with Crippen LogP contribution in [-0.4, -0.2) is 45.0 Å². The highest BCUT2D eigenvalue weighted by Gasteiger charge is 2.32. The maximum atomic E-state index is 12.1. The minimum atomic E-state index is -0.0653. The monoisotopic (exact) mass is 332 g/mol. The molecule has 132 valence electrons. The molecule has 0 saturated carbocycles. The number of hydrogen-bond donors (Lipinski definition) is 2. The molecule has 2 N–H and O–H groups in total. The van der Waals surface area contributed by atoms with E-state index in [1.165, 1.54) is 0 Å². The largest absolute Gasteiger partial charge is 0.384 e. The molecule has 1 aliphatic heterocycles. The summed E-state index contributed by atoms with van der Waals surface area (Å²) in [5, 5.41) is 6.33. The summed E-state index contributed by atoms with van der Waals surface area (Å²) in [6, 6.07) is 7.47. The van der Waals surface area contributed by atoms with Crippen molar-refractivity contribution in [1.29, 1.82) is 0 Å². The molecule has 1 aromatic rings. The van der Waals surface area contributed by atoms with Gasteiger partial charge in [-0.25, -0.2) is 0 Å². The summed E-state index contributed by atoms with van der Waals surface area (Å²) in [5.41, 5.74) is 1.80. The Morgan fingerprint density at radius 1 is 1.17 bits per heavy atom. The highest BCUT2D eigenvalue weighted by atomic mass is 16.5. The molecule has 0 aromatic heterocycles. The second kappa shape index (κ2) is 8.94. The molecule has 1 saturated heterocycles. The Bertz CT molecular complexity index is 543. The first kappa shape index (κ1) is 18.6. The molecule has 1 heterocycles. The summed E-state index contributed by atoms with van der Waals surface area (Å²) in [4.78, 5) is 24.2. The quantitative estimate of drug-likeness (QED) is 0.715. The van der Waals surface area contributed by atoms with Crippen molar-refractivity contribution >= 4 is 11.7 Å². The van der Waals surface area contributed by atoms with Crippen LogP contribution < -0.4 is 10.6 Å². The predicted molar refractivity (Wildman–Crippen MR) is 94.2 cm³/mol.